The normalized spacial score (nSPS) is 22.0. The molecule has 2 heterocycles. The summed E-state index contributed by atoms with van der Waals surface area (Å²) in [5.74, 6) is 0. The van der Waals surface area contributed by atoms with Gasteiger partial charge in [-0.3, -0.25) is 14.3 Å². The van der Waals surface area contributed by atoms with E-state index in [1.165, 1.54) is 6.20 Å². The van der Waals surface area contributed by atoms with Crippen LogP contribution < -0.4 is 25.9 Å². The zero-order chi connectivity index (χ0) is 21.3. The maximum atomic E-state index is 12.3. The molecule has 0 amide bonds. The summed E-state index contributed by atoms with van der Waals surface area (Å²) in [5, 5.41) is 10.0. The monoisotopic (exact) mass is 425 g/mol. The molecule has 1 fully saturated rings. The number of benzene rings is 1. The summed E-state index contributed by atoms with van der Waals surface area (Å²) in [6, 6.07) is 7.10. The molecule has 11 nitrogen and oxygen atoms in total. The van der Waals surface area contributed by atoms with Crippen LogP contribution in [0.3, 0.4) is 0 Å². The molecule has 0 aliphatic carbocycles. The van der Waals surface area contributed by atoms with Gasteiger partial charge in [-0.05, 0) is 17.7 Å². The van der Waals surface area contributed by atoms with E-state index in [-0.39, 0.29) is 12.0 Å². The van der Waals surface area contributed by atoms with Gasteiger partial charge in [-0.15, -0.1) is 0 Å². The molecule has 12 heteroatoms. The van der Waals surface area contributed by atoms with Gasteiger partial charge in [0.05, 0.1) is 26.1 Å². The predicted octanol–water partition coefficient (Wildman–Crippen LogP) is -1.24. The molecule has 1 aliphatic rings. The van der Waals surface area contributed by atoms with Gasteiger partial charge in [-0.25, -0.2) is 4.79 Å². The second-order valence-corrected chi connectivity index (χ2v) is 7.98. The van der Waals surface area contributed by atoms with Crippen molar-refractivity contribution >= 4 is 13.5 Å². The molecule has 0 radical (unpaired) electrons. The third kappa shape index (κ3) is 5.02. The maximum absolute atomic E-state index is 12.3. The Kier molecular flexibility index (Phi) is 6.08. The van der Waals surface area contributed by atoms with E-state index in [4.69, 9.17) is 4.74 Å². The number of phosphoric acid groups is 1. The highest BCUT2D eigenvalue weighted by Crippen LogP contribution is 2.32. The Balaban J connectivity index is 1.87. The number of phosphoric ester groups is 1. The molecule has 29 heavy (non-hydrogen) atoms. The van der Waals surface area contributed by atoms with Crippen molar-refractivity contribution in [2.24, 2.45) is 0 Å². The van der Waals surface area contributed by atoms with Crippen LogP contribution in [-0.2, 0) is 13.8 Å². The predicted molar refractivity (Wildman–Crippen MR) is 99.2 cm³/mol. The van der Waals surface area contributed by atoms with Gasteiger partial charge in [0.25, 0.3) is 5.56 Å². The summed E-state index contributed by atoms with van der Waals surface area (Å²) >= 11 is 0. The molecule has 0 spiro atoms. The molecule has 3 atom stereocenters. The van der Waals surface area contributed by atoms with Gasteiger partial charge in [0, 0.05) is 32.4 Å². The van der Waals surface area contributed by atoms with E-state index >= 15 is 0 Å². The fourth-order valence-corrected chi connectivity index (χ4v) is 3.37. The maximum Gasteiger partial charge on any atom is 0.330 e. The third-order valence-electron chi connectivity index (χ3n) is 4.57. The minimum Gasteiger partial charge on any atom is -0.790 e. The lowest BCUT2D eigenvalue weighted by molar-refractivity contribution is -0.343. The second-order valence-electron chi connectivity index (χ2n) is 6.83. The molecule has 0 saturated carbocycles. The Morgan fingerprint density at radius 2 is 1.97 bits per heavy atom. The van der Waals surface area contributed by atoms with Crippen LogP contribution >= 0.6 is 7.82 Å². The van der Waals surface area contributed by atoms with E-state index < -0.39 is 44.1 Å². The quantitative estimate of drug-likeness (QED) is 0.540. The molecule has 3 unspecified atom stereocenters. The van der Waals surface area contributed by atoms with E-state index in [2.05, 4.69) is 9.51 Å². The molecule has 3 rings (SSSR count). The number of H-pyrrole nitrogens is 1. The molecule has 1 aliphatic heterocycles. The second kappa shape index (κ2) is 8.23. The SMILES string of the molecule is CN(C)c1ccc(-c2cn(C3CC(O)C(COP(=O)([O-])[O-])O3)c(=O)[nH]c2=O)cc1. The number of nitrogens with zero attached hydrogens (tertiary/aromatic N) is 2. The molecule has 1 aromatic heterocycles. The average molecular weight is 425 g/mol. The average Bonchev–Trinajstić information content (AvgIpc) is 3.00. The summed E-state index contributed by atoms with van der Waals surface area (Å²) in [6.45, 7) is -0.668. The number of hydrogen-bond acceptors (Lipinski definition) is 9. The van der Waals surface area contributed by atoms with Crippen LogP contribution in [0.2, 0.25) is 0 Å². The zero-order valence-corrected chi connectivity index (χ0v) is 16.6. The highest BCUT2D eigenvalue weighted by atomic mass is 31.2. The Hall–Kier alpha value is -2.27. The third-order valence-corrected chi connectivity index (χ3v) is 5.04. The molecule has 1 saturated heterocycles. The van der Waals surface area contributed by atoms with Crippen molar-refractivity contribution in [3.8, 4) is 11.1 Å². The van der Waals surface area contributed by atoms with Gasteiger partial charge in [0.2, 0.25) is 0 Å². The Labute approximate surface area is 165 Å². The molecule has 2 N–H and O–H groups in total. The van der Waals surface area contributed by atoms with Gasteiger partial charge in [0.1, 0.15) is 12.3 Å². The van der Waals surface area contributed by atoms with Crippen molar-refractivity contribution in [1.29, 1.82) is 0 Å². The summed E-state index contributed by atoms with van der Waals surface area (Å²) in [6.07, 6.45) is -1.98. The number of hydrogen-bond donors (Lipinski definition) is 2. The van der Waals surface area contributed by atoms with Crippen molar-refractivity contribution in [3.63, 3.8) is 0 Å². The Morgan fingerprint density at radius 3 is 2.55 bits per heavy atom. The van der Waals surface area contributed by atoms with Gasteiger partial charge < -0.3 is 33.6 Å². The largest absolute Gasteiger partial charge is 0.790 e. The van der Waals surface area contributed by atoms with Gasteiger partial charge >= 0.3 is 5.69 Å². The van der Waals surface area contributed by atoms with E-state index in [1.807, 2.05) is 31.1 Å². The number of aromatic nitrogens is 2. The van der Waals surface area contributed by atoms with Gasteiger partial charge in [-0.2, -0.15) is 0 Å². The Morgan fingerprint density at radius 1 is 1.31 bits per heavy atom. The lowest BCUT2D eigenvalue weighted by Crippen LogP contribution is -2.33. The van der Waals surface area contributed by atoms with Crippen LogP contribution in [-0.4, -0.2) is 47.6 Å². The summed E-state index contributed by atoms with van der Waals surface area (Å²) < 4.78 is 21.4. The standard InChI is InChI=1S/C17H22N3O8P/c1-19(2)11-5-3-10(4-6-11)12-8-20(17(23)18-16(12)22)15-7-13(21)14(28-15)9-27-29(24,25)26/h3-6,8,13-15,21H,7,9H2,1-2H3,(H,18,22,23)(H2,24,25,26)/p-2. The minimum atomic E-state index is -5.22. The minimum absolute atomic E-state index is 0.0546. The first kappa shape index (κ1) is 21.4. The highest BCUT2D eigenvalue weighted by molar-refractivity contribution is 7.43. The first-order chi connectivity index (χ1) is 13.5. The van der Waals surface area contributed by atoms with Crippen molar-refractivity contribution in [2.45, 2.75) is 24.9 Å². The van der Waals surface area contributed by atoms with Crippen molar-refractivity contribution in [3.05, 3.63) is 51.3 Å². The lowest BCUT2D eigenvalue weighted by Gasteiger charge is -2.30. The first-order valence-corrected chi connectivity index (χ1v) is 10.1. The van der Waals surface area contributed by atoms with Crippen molar-refractivity contribution < 1.29 is 28.7 Å². The summed E-state index contributed by atoms with van der Waals surface area (Å²) in [5.41, 5.74) is 0.387. The highest BCUT2D eigenvalue weighted by Gasteiger charge is 2.36. The van der Waals surface area contributed by atoms with Crippen LogP contribution in [0.15, 0.2) is 40.1 Å². The van der Waals surface area contributed by atoms with Crippen LogP contribution in [0, 0.1) is 0 Å². The summed E-state index contributed by atoms with van der Waals surface area (Å²) in [4.78, 5) is 49.9. The number of aromatic amines is 1. The van der Waals surface area contributed by atoms with Gasteiger partial charge in [0.15, 0.2) is 0 Å². The number of nitrogens with one attached hydrogen (secondary N) is 1. The number of rotatable bonds is 6. The molecule has 2 aromatic rings. The van der Waals surface area contributed by atoms with E-state index in [0.717, 1.165) is 10.3 Å². The first-order valence-electron chi connectivity index (χ1n) is 8.68. The molecule has 1 aromatic carbocycles. The van der Waals surface area contributed by atoms with Crippen LogP contribution in [0.4, 0.5) is 5.69 Å². The fraction of sp³-hybridized carbons (Fsp3) is 0.412. The number of ether oxygens (including phenoxy) is 1. The fourth-order valence-electron chi connectivity index (χ4n) is 3.04. The van der Waals surface area contributed by atoms with Crippen LogP contribution in [0.5, 0.6) is 0 Å². The zero-order valence-electron chi connectivity index (χ0n) is 15.7. The van der Waals surface area contributed by atoms with Gasteiger partial charge in [-0.1, -0.05) is 12.1 Å². The molecular formula is C17H20N3O8P-2. The van der Waals surface area contributed by atoms with E-state index in [9.17, 15) is 29.0 Å². The Bertz CT molecular complexity index is 1030. The van der Waals surface area contributed by atoms with Crippen LogP contribution in [0.1, 0.15) is 12.6 Å². The molecule has 158 valence electrons. The number of aliphatic hydroxyl groups excluding tert-OH is 1. The van der Waals surface area contributed by atoms with Crippen molar-refractivity contribution in [1.82, 2.24) is 9.55 Å². The van der Waals surface area contributed by atoms with E-state index in [0.29, 0.717) is 5.56 Å². The molecular weight excluding hydrogens is 405 g/mol. The number of aliphatic hydroxyl groups is 1. The molecule has 0 bridgehead atoms. The number of anilines is 1. The van der Waals surface area contributed by atoms with E-state index in [1.54, 1.807) is 12.1 Å². The smallest absolute Gasteiger partial charge is 0.330 e. The van der Waals surface area contributed by atoms with Crippen LogP contribution in [0.25, 0.3) is 11.1 Å². The topological polar surface area (TPSA) is 160 Å². The van der Waals surface area contributed by atoms with Crippen molar-refractivity contribution in [2.75, 3.05) is 25.6 Å². The summed E-state index contributed by atoms with van der Waals surface area (Å²) in [7, 11) is -1.47. The lowest BCUT2D eigenvalue weighted by atomic mass is 10.1.